The highest BCUT2D eigenvalue weighted by molar-refractivity contribution is 7.99. The highest BCUT2D eigenvalue weighted by Crippen LogP contribution is 2.34. The van der Waals surface area contributed by atoms with Crippen molar-refractivity contribution in [1.29, 1.82) is 0 Å². The predicted molar refractivity (Wildman–Crippen MR) is 130 cm³/mol. The molecule has 0 bridgehead atoms. The molecule has 5 unspecified atom stereocenters. The molecule has 0 amide bonds. The maximum atomic E-state index is 10.5. The number of aromatic nitrogens is 2. The lowest BCUT2D eigenvalue weighted by molar-refractivity contribution is -0.205. The Morgan fingerprint density at radius 1 is 1.00 bits per heavy atom. The van der Waals surface area contributed by atoms with Crippen LogP contribution in [0.15, 0.2) is 53.7 Å². The van der Waals surface area contributed by atoms with E-state index in [4.69, 9.17) is 9.47 Å². The molecule has 3 aromatic rings. The van der Waals surface area contributed by atoms with Crippen LogP contribution in [-0.4, -0.2) is 73.0 Å². The minimum Gasteiger partial charge on any atom is -0.492 e. The zero-order valence-corrected chi connectivity index (χ0v) is 20.4. The Morgan fingerprint density at radius 2 is 1.71 bits per heavy atom. The fraction of sp³-hybridized carbons (Fsp3) is 0.480. The van der Waals surface area contributed by atoms with Crippen LogP contribution in [0.5, 0.6) is 5.75 Å². The molecular weight excluding hydrogens is 456 g/mol. The van der Waals surface area contributed by atoms with Crippen molar-refractivity contribution in [3.8, 4) is 5.75 Å². The summed E-state index contributed by atoms with van der Waals surface area (Å²) in [5.41, 5.74) is 2.09. The molecule has 184 valence electrons. The van der Waals surface area contributed by atoms with Crippen molar-refractivity contribution in [3.63, 3.8) is 0 Å². The molecule has 1 aliphatic heterocycles. The third-order valence-electron chi connectivity index (χ3n) is 5.99. The van der Waals surface area contributed by atoms with Crippen LogP contribution in [0.2, 0.25) is 0 Å². The first-order valence-corrected chi connectivity index (χ1v) is 12.2. The molecule has 34 heavy (non-hydrogen) atoms. The zero-order valence-electron chi connectivity index (χ0n) is 19.5. The fourth-order valence-electron chi connectivity index (χ4n) is 3.93. The fourth-order valence-corrected chi connectivity index (χ4v) is 5.11. The van der Waals surface area contributed by atoms with Crippen molar-refractivity contribution in [1.82, 2.24) is 9.55 Å². The van der Waals surface area contributed by atoms with Gasteiger partial charge >= 0.3 is 0 Å². The summed E-state index contributed by atoms with van der Waals surface area (Å²) in [7, 11) is 0. The van der Waals surface area contributed by atoms with Gasteiger partial charge in [-0.05, 0) is 35.2 Å². The highest BCUT2D eigenvalue weighted by atomic mass is 32.2. The van der Waals surface area contributed by atoms with Crippen LogP contribution in [0.25, 0.3) is 11.0 Å². The SMILES string of the molecule is CC(C)(C)c1ccc(OCCn2c(SC3OC(CO)C(O)C(O)C3O)nc3ccccc32)cc1. The number of benzene rings is 2. The van der Waals surface area contributed by atoms with Crippen LogP contribution >= 0.6 is 11.8 Å². The monoisotopic (exact) mass is 488 g/mol. The van der Waals surface area contributed by atoms with Gasteiger partial charge in [-0.25, -0.2) is 4.98 Å². The molecule has 0 radical (unpaired) electrons. The molecule has 2 aromatic carbocycles. The van der Waals surface area contributed by atoms with E-state index in [2.05, 4.69) is 37.9 Å². The van der Waals surface area contributed by atoms with Crippen molar-refractivity contribution in [3.05, 3.63) is 54.1 Å². The van der Waals surface area contributed by atoms with E-state index in [0.29, 0.717) is 18.3 Å². The summed E-state index contributed by atoms with van der Waals surface area (Å²) >= 11 is 1.14. The maximum Gasteiger partial charge on any atom is 0.171 e. The van der Waals surface area contributed by atoms with Gasteiger partial charge < -0.3 is 34.5 Å². The second-order valence-electron chi connectivity index (χ2n) is 9.47. The van der Waals surface area contributed by atoms with Crippen molar-refractivity contribution in [2.24, 2.45) is 0 Å². The maximum absolute atomic E-state index is 10.5. The standard InChI is InChI=1S/C25H32N2O6S/c1-25(2,3)15-8-10-16(11-9-15)32-13-12-27-18-7-5-4-6-17(18)26-24(27)34-23-22(31)21(30)20(29)19(14-28)33-23/h4-11,19-23,28-31H,12-14H2,1-3H3. The quantitative estimate of drug-likeness (QED) is 0.400. The lowest BCUT2D eigenvalue weighted by atomic mass is 9.87. The number of imidazole rings is 1. The lowest BCUT2D eigenvalue weighted by Crippen LogP contribution is -2.57. The Hall–Kier alpha value is -2.14. The smallest absolute Gasteiger partial charge is 0.171 e. The number of fused-ring (bicyclic) bond motifs is 1. The van der Waals surface area contributed by atoms with Gasteiger partial charge in [0.15, 0.2) is 5.16 Å². The molecule has 1 fully saturated rings. The molecule has 1 saturated heterocycles. The summed E-state index contributed by atoms with van der Waals surface area (Å²) < 4.78 is 13.6. The average molecular weight is 489 g/mol. The van der Waals surface area contributed by atoms with Gasteiger partial charge in [0.25, 0.3) is 0 Å². The summed E-state index contributed by atoms with van der Waals surface area (Å²) in [6, 6.07) is 15.8. The molecule has 4 N–H and O–H groups in total. The molecule has 0 saturated carbocycles. The molecule has 1 aliphatic rings. The predicted octanol–water partition coefficient (Wildman–Crippen LogP) is 2.30. The van der Waals surface area contributed by atoms with E-state index < -0.39 is 36.5 Å². The van der Waals surface area contributed by atoms with Crippen LogP contribution in [0.3, 0.4) is 0 Å². The van der Waals surface area contributed by atoms with Gasteiger partial charge in [-0.2, -0.15) is 0 Å². The number of aliphatic hydroxyl groups excluding tert-OH is 4. The van der Waals surface area contributed by atoms with E-state index in [1.807, 2.05) is 41.0 Å². The molecule has 1 aromatic heterocycles. The van der Waals surface area contributed by atoms with Crippen molar-refractivity contribution in [2.75, 3.05) is 13.2 Å². The van der Waals surface area contributed by atoms with E-state index in [9.17, 15) is 20.4 Å². The molecule has 0 aliphatic carbocycles. The second-order valence-corrected chi connectivity index (χ2v) is 10.5. The number of para-hydroxylation sites is 2. The van der Waals surface area contributed by atoms with E-state index >= 15 is 0 Å². The van der Waals surface area contributed by atoms with E-state index in [1.165, 1.54) is 5.56 Å². The zero-order chi connectivity index (χ0) is 24.5. The third kappa shape index (κ3) is 5.25. The van der Waals surface area contributed by atoms with Gasteiger partial charge in [0.1, 0.15) is 42.2 Å². The Morgan fingerprint density at radius 3 is 2.38 bits per heavy atom. The van der Waals surface area contributed by atoms with E-state index in [1.54, 1.807) is 0 Å². The van der Waals surface area contributed by atoms with Gasteiger partial charge in [0.05, 0.1) is 24.2 Å². The van der Waals surface area contributed by atoms with Crippen LogP contribution in [0, 0.1) is 0 Å². The summed E-state index contributed by atoms with van der Waals surface area (Å²) in [5, 5.41) is 40.7. The first kappa shape index (κ1) is 25.0. The van der Waals surface area contributed by atoms with Crippen LogP contribution in [0.4, 0.5) is 0 Å². The molecule has 5 atom stereocenters. The Labute approximate surface area is 203 Å². The molecule has 4 rings (SSSR count). The minimum absolute atomic E-state index is 0.0742. The number of hydrogen-bond acceptors (Lipinski definition) is 8. The van der Waals surface area contributed by atoms with Gasteiger partial charge in [-0.3, -0.25) is 0 Å². The average Bonchev–Trinajstić information content (AvgIpc) is 3.16. The van der Waals surface area contributed by atoms with Crippen LogP contribution < -0.4 is 4.74 Å². The summed E-state index contributed by atoms with van der Waals surface area (Å²) in [4.78, 5) is 4.67. The third-order valence-corrected chi connectivity index (χ3v) is 7.14. The number of hydrogen-bond donors (Lipinski definition) is 4. The van der Waals surface area contributed by atoms with Crippen LogP contribution in [0.1, 0.15) is 26.3 Å². The summed E-state index contributed by atoms with van der Waals surface area (Å²) in [6.07, 6.45) is -5.13. The number of aliphatic hydroxyl groups is 4. The summed E-state index contributed by atoms with van der Waals surface area (Å²) in [6.45, 7) is 6.93. The van der Waals surface area contributed by atoms with Crippen molar-refractivity contribution in [2.45, 2.75) is 67.7 Å². The normalized spacial score (nSPS) is 25.6. The van der Waals surface area contributed by atoms with Crippen LogP contribution in [-0.2, 0) is 16.7 Å². The second kappa shape index (κ2) is 10.2. The molecule has 2 heterocycles. The summed E-state index contributed by atoms with van der Waals surface area (Å²) in [5.74, 6) is 0.778. The topological polar surface area (TPSA) is 117 Å². The Bertz CT molecular complexity index is 1090. The van der Waals surface area contributed by atoms with E-state index in [-0.39, 0.29) is 5.41 Å². The molecule has 9 heteroatoms. The number of ether oxygens (including phenoxy) is 2. The lowest BCUT2D eigenvalue weighted by Gasteiger charge is -2.39. The van der Waals surface area contributed by atoms with Gasteiger partial charge in [-0.1, -0.05) is 56.8 Å². The molecule has 8 nitrogen and oxygen atoms in total. The van der Waals surface area contributed by atoms with Crippen molar-refractivity contribution < 1.29 is 29.9 Å². The van der Waals surface area contributed by atoms with Gasteiger partial charge in [-0.15, -0.1) is 0 Å². The molecular formula is C25H32N2O6S. The number of nitrogens with zero attached hydrogens (tertiary/aromatic N) is 2. The highest BCUT2D eigenvalue weighted by Gasteiger charge is 2.44. The van der Waals surface area contributed by atoms with Gasteiger partial charge in [0, 0.05) is 0 Å². The molecule has 0 spiro atoms. The van der Waals surface area contributed by atoms with Gasteiger partial charge in [0.2, 0.25) is 0 Å². The number of rotatable bonds is 7. The van der Waals surface area contributed by atoms with E-state index in [0.717, 1.165) is 28.5 Å². The first-order chi connectivity index (χ1) is 16.2. The minimum atomic E-state index is -1.43. The largest absolute Gasteiger partial charge is 0.492 e. The Balaban J connectivity index is 1.50. The Kier molecular flexibility index (Phi) is 7.51. The first-order valence-electron chi connectivity index (χ1n) is 11.3. The van der Waals surface area contributed by atoms with Crippen molar-refractivity contribution >= 4 is 22.8 Å². The number of thioether (sulfide) groups is 1.